The highest BCUT2D eigenvalue weighted by Gasteiger charge is 2.23. The average molecular weight is 349 g/mol. The Hall–Kier alpha value is -2.22. The number of nitrogens with zero attached hydrogens (tertiary/aromatic N) is 1. The Balaban J connectivity index is 1.69. The Kier molecular flexibility index (Phi) is 6.03. The van der Waals surface area contributed by atoms with Crippen LogP contribution in [0.5, 0.6) is 0 Å². The van der Waals surface area contributed by atoms with Crippen molar-refractivity contribution in [1.82, 2.24) is 0 Å². The number of aliphatic imine (C=N–C) groups is 1. The summed E-state index contributed by atoms with van der Waals surface area (Å²) in [6.45, 7) is 8.49. The van der Waals surface area contributed by atoms with E-state index < -0.39 is 6.17 Å². The van der Waals surface area contributed by atoms with Crippen LogP contribution in [0.25, 0.3) is 5.57 Å². The number of hydrogen-bond acceptors (Lipinski definition) is 1. The van der Waals surface area contributed by atoms with Gasteiger partial charge in [0.15, 0.2) is 0 Å². The van der Waals surface area contributed by atoms with Crippen molar-refractivity contribution in [3.05, 3.63) is 71.3 Å². The van der Waals surface area contributed by atoms with Gasteiger partial charge in [0, 0.05) is 12.6 Å². The van der Waals surface area contributed by atoms with E-state index in [0.717, 1.165) is 41.6 Å². The van der Waals surface area contributed by atoms with E-state index in [9.17, 15) is 4.39 Å². The standard InChI is InChI=1S/C24H28FN/c1-17-4-7-20(8-5-17)14-15-26-24-16-22(9-6-18(24)2)19(3)21-10-12-23(25)13-11-21/h4-9,15-16,21,23H,3,10-14H2,1-2H3. The zero-order chi connectivity index (χ0) is 18.5. The molecule has 0 amide bonds. The zero-order valence-electron chi connectivity index (χ0n) is 15.8. The summed E-state index contributed by atoms with van der Waals surface area (Å²) in [5, 5.41) is 0. The fourth-order valence-electron chi connectivity index (χ4n) is 3.56. The van der Waals surface area contributed by atoms with Gasteiger partial charge in [-0.1, -0.05) is 48.5 Å². The maximum Gasteiger partial charge on any atom is 0.100 e. The second-order valence-electron chi connectivity index (χ2n) is 7.48. The number of benzene rings is 2. The summed E-state index contributed by atoms with van der Waals surface area (Å²) < 4.78 is 13.4. The maximum absolute atomic E-state index is 13.4. The van der Waals surface area contributed by atoms with Crippen LogP contribution in [0.1, 0.15) is 47.9 Å². The summed E-state index contributed by atoms with van der Waals surface area (Å²) in [5.74, 6) is 0.397. The molecular formula is C24H28FN. The smallest absolute Gasteiger partial charge is 0.100 e. The largest absolute Gasteiger partial charge is 0.261 e. The van der Waals surface area contributed by atoms with Gasteiger partial charge in [-0.25, -0.2) is 4.39 Å². The molecule has 1 saturated carbocycles. The van der Waals surface area contributed by atoms with E-state index in [0.29, 0.717) is 18.8 Å². The van der Waals surface area contributed by atoms with Crippen molar-refractivity contribution >= 4 is 17.5 Å². The number of aryl methyl sites for hydroxylation is 2. The Morgan fingerprint density at radius 1 is 1.08 bits per heavy atom. The van der Waals surface area contributed by atoms with Crippen LogP contribution in [0.3, 0.4) is 0 Å². The first-order valence-electron chi connectivity index (χ1n) is 9.55. The van der Waals surface area contributed by atoms with E-state index in [-0.39, 0.29) is 0 Å². The summed E-state index contributed by atoms with van der Waals surface area (Å²) in [6, 6.07) is 14.9. The molecule has 0 bridgehead atoms. The van der Waals surface area contributed by atoms with Crippen molar-refractivity contribution in [1.29, 1.82) is 0 Å². The van der Waals surface area contributed by atoms with Crippen LogP contribution in [0.4, 0.5) is 10.1 Å². The molecule has 0 heterocycles. The van der Waals surface area contributed by atoms with E-state index in [4.69, 9.17) is 4.99 Å². The number of halogens is 1. The lowest BCUT2D eigenvalue weighted by atomic mass is 9.81. The Labute approximate surface area is 156 Å². The van der Waals surface area contributed by atoms with Crippen LogP contribution in [0.2, 0.25) is 0 Å². The molecular weight excluding hydrogens is 321 g/mol. The molecule has 0 aromatic heterocycles. The van der Waals surface area contributed by atoms with Gasteiger partial charge >= 0.3 is 0 Å². The minimum absolute atomic E-state index is 0.397. The molecule has 0 saturated heterocycles. The summed E-state index contributed by atoms with van der Waals surface area (Å²) >= 11 is 0. The molecule has 2 aromatic carbocycles. The molecule has 1 aliphatic carbocycles. The van der Waals surface area contributed by atoms with Crippen molar-refractivity contribution in [2.45, 2.75) is 52.1 Å². The minimum atomic E-state index is -0.626. The van der Waals surface area contributed by atoms with Crippen LogP contribution < -0.4 is 0 Å². The highest BCUT2D eigenvalue weighted by Crippen LogP contribution is 2.36. The molecule has 3 rings (SSSR count). The molecule has 1 fully saturated rings. The second kappa shape index (κ2) is 8.44. The number of rotatable bonds is 5. The van der Waals surface area contributed by atoms with Gasteiger partial charge in [0.1, 0.15) is 6.17 Å². The molecule has 2 aromatic rings. The predicted octanol–water partition coefficient (Wildman–Crippen LogP) is 6.79. The molecule has 26 heavy (non-hydrogen) atoms. The van der Waals surface area contributed by atoms with Crippen LogP contribution >= 0.6 is 0 Å². The molecule has 0 atom stereocenters. The second-order valence-corrected chi connectivity index (χ2v) is 7.48. The van der Waals surface area contributed by atoms with Gasteiger partial charge in [-0.2, -0.15) is 0 Å². The molecule has 136 valence electrons. The zero-order valence-corrected chi connectivity index (χ0v) is 15.8. The summed E-state index contributed by atoms with van der Waals surface area (Å²) in [4.78, 5) is 4.70. The molecule has 2 heteroatoms. The third kappa shape index (κ3) is 4.69. The van der Waals surface area contributed by atoms with Gasteiger partial charge in [-0.15, -0.1) is 0 Å². The van der Waals surface area contributed by atoms with E-state index in [1.54, 1.807) is 0 Å². The number of alkyl halides is 1. The fraction of sp³-hybridized carbons (Fsp3) is 0.375. The lowest BCUT2D eigenvalue weighted by molar-refractivity contribution is 0.230. The maximum atomic E-state index is 13.4. The molecule has 0 radical (unpaired) electrons. The lowest BCUT2D eigenvalue weighted by Gasteiger charge is -2.26. The van der Waals surface area contributed by atoms with Gasteiger partial charge in [-0.05, 0) is 73.8 Å². The third-order valence-corrected chi connectivity index (χ3v) is 5.41. The first-order valence-corrected chi connectivity index (χ1v) is 9.55. The van der Waals surface area contributed by atoms with E-state index in [1.165, 1.54) is 11.1 Å². The van der Waals surface area contributed by atoms with E-state index in [1.807, 2.05) is 6.21 Å². The molecule has 0 unspecified atom stereocenters. The van der Waals surface area contributed by atoms with Gasteiger partial charge < -0.3 is 0 Å². The van der Waals surface area contributed by atoms with Crippen molar-refractivity contribution < 1.29 is 4.39 Å². The summed E-state index contributed by atoms with van der Waals surface area (Å²) in [7, 11) is 0. The van der Waals surface area contributed by atoms with E-state index in [2.05, 4.69) is 62.9 Å². The molecule has 1 nitrogen and oxygen atoms in total. The predicted molar refractivity (Wildman–Crippen MR) is 110 cm³/mol. The van der Waals surface area contributed by atoms with Crippen molar-refractivity contribution in [2.75, 3.05) is 0 Å². The first-order chi connectivity index (χ1) is 12.5. The van der Waals surface area contributed by atoms with Gasteiger partial charge in [0.05, 0.1) is 5.69 Å². The van der Waals surface area contributed by atoms with Crippen molar-refractivity contribution in [2.24, 2.45) is 10.9 Å². The minimum Gasteiger partial charge on any atom is -0.261 e. The van der Waals surface area contributed by atoms with Crippen LogP contribution in [-0.4, -0.2) is 12.4 Å². The number of allylic oxidation sites excluding steroid dienone is 1. The van der Waals surface area contributed by atoms with Crippen LogP contribution in [-0.2, 0) is 6.42 Å². The lowest BCUT2D eigenvalue weighted by Crippen LogP contribution is -2.15. The molecule has 1 aliphatic rings. The number of hydrogen-bond donors (Lipinski definition) is 0. The normalized spacial score (nSPS) is 20.4. The Morgan fingerprint density at radius 3 is 2.46 bits per heavy atom. The highest BCUT2D eigenvalue weighted by molar-refractivity contribution is 5.72. The monoisotopic (exact) mass is 349 g/mol. The first kappa shape index (κ1) is 18.6. The van der Waals surface area contributed by atoms with Crippen molar-refractivity contribution in [3.63, 3.8) is 0 Å². The fourth-order valence-corrected chi connectivity index (χ4v) is 3.56. The SMILES string of the molecule is C=C(c1ccc(C)c(N=CCc2ccc(C)cc2)c1)C1CCC(F)CC1. The van der Waals surface area contributed by atoms with Gasteiger partial charge in [-0.3, -0.25) is 4.99 Å². The molecule has 0 N–H and O–H groups in total. The molecule has 0 aliphatic heterocycles. The topological polar surface area (TPSA) is 12.4 Å². The van der Waals surface area contributed by atoms with Crippen LogP contribution in [0.15, 0.2) is 54.0 Å². The van der Waals surface area contributed by atoms with E-state index >= 15 is 0 Å². The highest BCUT2D eigenvalue weighted by atomic mass is 19.1. The quantitative estimate of drug-likeness (QED) is 0.527. The van der Waals surface area contributed by atoms with Crippen molar-refractivity contribution in [3.8, 4) is 0 Å². The summed E-state index contributed by atoms with van der Waals surface area (Å²) in [5.41, 5.74) is 6.96. The third-order valence-electron chi connectivity index (χ3n) is 5.41. The summed E-state index contributed by atoms with van der Waals surface area (Å²) in [6.07, 6.45) is 5.31. The Morgan fingerprint density at radius 2 is 1.77 bits per heavy atom. The average Bonchev–Trinajstić information content (AvgIpc) is 2.65. The Bertz CT molecular complexity index is 780. The van der Waals surface area contributed by atoms with Gasteiger partial charge in [0.25, 0.3) is 0 Å². The molecule has 0 spiro atoms. The van der Waals surface area contributed by atoms with Gasteiger partial charge in [0.2, 0.25) is 0 Å². The van der Waals surface area contributed by atoms with Crippen LogP contribution in [0, 0.1) is 19.8 Å².